The fraction of sp³-hybridized carbons (Fsp3) is 1.00. The minimum atomic E-state index is 0.198. The summed E-state index contributed by atoms with van der Waals surface area (Å²) in [5.74, 6) is 0.865. The quantitative estimate of drug-likeness (QED) is 0.608. The van der Waals surface area contributed by atoms with Crippen molar-refractivity contribution < 1.29 is 4.74 Å². The second kappa shape index (κ2) is 3.18. The van der Waals surface area contributed by atoms with Crippen molar-refractivity contribution in [1.82, 2.24) is 0 Å². The van der Waals surface area contributed by atoms with Gasteiger partial charge >= 0.3 is 0 Å². The van der Waals surface area contributed by atoms with Crippen LogP contribution in [-0.4, -0.2) is 19.3 Å². The first-order valence-electron chi connectivity index (χ1n) is 3.62. The first-order valence-corrected chi connectivity index (χ1v) is 3.62. The van der Waals surface area contributed by atoms with Gasteiger partial charge in [-0.15, -0.1) is 0 Å². The lowest BCUT2D eigenvalue weighted by Gasteiger charge is -2.04. The molecule has 1 aliphatic rings. The van der Waals surface area contributed by atoms with Crippen molar-refractivity contribution in [2.75, 3.05) is 13.2 Å². The van der Waals surface area contributed by atoms with E-state index in [1.807, 2.05) is 6.92 Å². The van der Waals surface area contributed by atoms with Gasteiger partial charge in [0.1, 0.15) is 0 Å². The lowest BCUT2D eigenvalue weighted by Crippen LogP contribution is -2.22. The molecular formula is C7H15NO. The Labute approximate surface area is 56.4 Å². The molecule has 0 aromatic heterocycles. The van der Waals surface area contributed by atoms with E-state index in [1.54, 1.807) is 0 Å². The highest BCUT2D eigenvalue weighted by molar-refractivity contribution is 4.72. The zero-order valence-electron chi connectivity index (χ0n) is 5.97. The molecule has 1 aliphatic carbocycles. The number of rotatable bonds is 4. The third-order valence-electron chi connectivity index (χ3n) is 1.43. The van der Waals surface area contributed by atoms with E-state index in [0.717, 1.165) is 19.1 Å². The Morgan fingerprint density at radius 2 is 2.33 bits per heavy atom. The molecule has 0 unspecified atom stereocenters. The van der Waals surface area contributed by atoms with E-state index in [9.17, 15) is 0 Å². The smallest absolute Gasteiger partial charge is 0.0614 e. The van der Waals surface area contributed by atoms with Crippen molar-refractivity contribution in [2.24, 2.45) is 11.7 Å². The van der Waals surface area contributed by atoms with Crippen LogP contribution in [0, 0.1) is 5.92 Å². The van der Waals surface area contributed by atoms with Gasteiger partial charge in [0.25, 0.3) is 0 Å². The van der Waals surface area contributed by atoms with Crippen LogP contribution in [0.1, 0.15) is 19.8 Å². The van der Waals surface area contributed by atoms with Gasteiger partial charge in [0.2, 0.25) is 0 Å². The van der Waals surface area contributed by atoms with E-state index in [0.29, 0.717) is 0 Å². The van der Waals surface area contributed by atoms with Crippen LogP contribution in [0.4, 0.5) is 0 Å². The van der Waals surface area contributed by atoms with E-state index < -0.39 is 0 Å². The molecule has 0 heterocycles. The fourth-order valence-electron chi connectivity index (χ4n) is 0.705. The molecule has 9 heavy (non-hydrogen) atoms. The number of hydrogen-bond donors (Lipinski definition) is 1. The summed E-state index contributed by atoms with van der Waals surface area (Å²) in [6, 6.07) is 0.198. The molecule has 2 heteroatoms. The maximum atomic E-state index is 5.47. The van der Waals surface area contributed by atoms with Gasteiger partial charge in [-0.25, -0.2) is 0 Å². The van der Waals surface area contributed by atoms with Crippen LogP contribution in [0.15, 0.2) is 0 Å². The van der Waals surface area contributed by atoms with Crippen molar-refractivity contribution in [3.63, 3.8) is 0 Å². The van der Waals surface area contributed by atoms with E-state index >= 15 is 0 Å². The first kappa shape index (κ1) is 7.03. The van der Waals surface area contributed by atoms with Gasteiger partial charge in [0, 0.05) is 12.6 Å². The molecule has 0 radical (unpaired) electrons. The normalized spacial score (nSPS) is 22.0. The molecular weight excluding hydrogens is 114 g/mol. The third-order valence-corrected chi connectivity index (χ3v) is 1.43. The third kappa shape index (κ3) is 3.49. The minimum Gasteiger partial charge on any atom is -0.380 e. The summed E-state index contributed by atoms with van der Waals surface area (Å²) in [5, 5.41) is 0. The summed E-state index contributed by atoms with van der Waals surface area (Å²) in [4.78, 5) is 0. The predicted octanol–water partition coefficient (Wildman–Crippen LogP) is 0.760. The molecule has 2 N–H and O–H groups in total. The van der Waals surface area contributed by atoms with Crippen LogP contribution in [-0.2, 0) is 4.74 Å². The highest BCUT2D eigenvalue weighted by Gasteiger charge is 2.20. The monoisotopic (exact) mass is 129 g/mol. The van der Waals surface area contributed by atoms with E-state index in [-0.39, 0.29) is 6.04 Å². The molecule has 0 amide bonds. The van der Waals surface area contributed by atoms with E-state index in [4.69, 9.17) is 10.5 Å². The average Bonchev–Trinajstić information content (AvgIpc) is 2.48. The van der Waals surface area contributed by atoms with Crippen LogP contribution in [0.5, 0.6) is 0 Å². The standard InChI is InChI=1S/C7H15NO/c1-6(8)4-9-5-7-2-3-7/h6-7H,2-5,8H2,1H3/t6-/m0/s1. The Kier molecular flexibility index (Phi) is 2.49. The number of hydrogen-bond acceptors (Lipinski definition) is 2. The Bertz CT molecular complexity index is 77.0. The van der Waals surface area contributed by atoms with Gasteiger partial charge in [-0.05, 0) is 25.7 Å². The van der Waals surface area contributed by atoms with Gasteiger partial charge in [0.15, 0.2) is 0 Å². The topological polar surface area (TPSA) is 35.2 Å². The van der Waals surface area contributed by atoms with Crippen LogP contribution in [0.3, 0.4) is 0 Å². The highest BCUT2D eigenvalue weighted by Crippen LogP contribution is 2.28. The minimum absolute atomic E-state index is 0.198. The van der Waals surface area contributed by atoms with Crippen molar-refractivity contribution in [1.29, 1.82) is 0 Å². The second-order valence-electron chi connectivity index (χ2n) is 2.96. The lowest BCUT2D eigenvalue weighted by molar-refractivity contribution is 0.115. The Hall–Kier alpha value is -0.0800. The fourth-order valence-corrected chi connectivity index (χ4v) is 0.705. The van der Waals surface area contributed by atoms with E-state index in [1.165, 1.54) is 12.8 Å². The van der Waals surface area contributed by atoms with Gasteiger partial charge < -0.3 is 10.5 Å². The lowest BCUT2D eigenvalue weighted by atomic mass is 10.4. The first-order chi connectivity index (χ1) is 4.29. The maximum absolute atomic E-state index is 5.47. The number of ether oxygens (including phenoxy) is 1. The average molecular weight is 129 g/mol. The summed E-state index contributed by atoms with van der Waals surface area (Å²) in [7, 11) is 0. The van der Waals surface area contributed by atoms with Crippen molar-refractivity contribution in [2.45, 2.75) is 25.8 Å². The molecule has 0 aromatic carbocycles. The largest absolute Gasteiger partial charge is 0.380 e. The van der Waals surface area contributed by atoms with Gasteiger partial charge in [-0.3, -0.25) is 0 Å². The second-order valence-corrected chi connectivity index (χ2v) is 2.96. The summed E-state index contributed by atoms with van der Waals surface area (Å²) < 4.78 is 5.29. The molecule has 54 valence electrons. The van der Waals surface area contributed by atoms with Crippen molar-refractivity contribution in [3.8, 4) is 0 Å². The van der Waals surface area contributed by atoms with Gasteiger partial charge in [0.05, 0.1) is 6.61 Å². The predicted molar refractivity (Wildman–Crippen MR) is 37.2 cm³/mol. The molecule has 1 saturated carbocycles. The molecule has 0 bridgehead atoms. The molecule has 1 rings (SSSR count). The Morgan fingerprint density at radius 1 is 1.67 bits per heavy atom. The molecule has 0 spiro atoms. The Morgan fingerprint density at radius 3 is 2.78 bits per heavy atom. The maximum Gasteiger partial charge on any atom is 0.0614 e. The summed E-state index contributed by atoms with van der Waals surface area (Å²) in [5.41, 5.74) is 5.47. The molecule has 1 fully saturated rings. The zero-order valence-corrected chi connectivity index (χ0v) is 5.97. The number of nitrogens with two attached hydrogens (primary N) is 1. The molecule has 0 aromatic rings. The summed E-state index contributed by atoms with van der Waals surface area (Å²) in [6.45, 7) is 3.62. The molecule has 0 saturated heterocycles. The van der Waals surface area contributed by atoms with E-state index in [2.05, 4.69) is 0 Å². The van der Waals surface area contributed by atoms with Crippen molar-refractivity contribution >= 4 is 0 Å². The molecule has 0 aliphatic heterocycles. The van der Waals surface area contributed by atoms with Crippen LogP contribution in [0.2, 0.25) is 0 Å². The summed E-state index contributed by atoms with van der Waals surface area (Å²) in [6.07, 6.45) is 2.72. The highest BCUT2D eigenvalue weighted by atomic mass is 16.5. The van der Waals surface area contributed by atoms with Crippen LogP contribution < -0.4 is 5.73 Å². The van der Waals surface area contributed by atoms with Crippen molar-refractivity contribution in [3.05, 3.63) is 0 Å². The van der Waals surface area contributed by atoms with Gasteiger partial charge in [-0.2, -0.15) is 0 Å². The van der Waals surface area contributed by atoms with Gasteiger partial charge in [-0.1, -0.05) is 0 Å². The Balaban J connectivity index is 1.81. The zero-order chi connectivity index (χ0) is 6.69. The summed E-state index contributed by atoms with van der Waals surface area (Å²) >= 11 is 0. The van der Waals surface area contributed by atoms with Crippen LogP contribution >= 0.6 is 0 Å². The molecule has 1 atom stereocenters. The molecule has 2 nitrogen and oxygen atoms in total. The van der Waals surface area contributed by atoms with Crippen LogP contribution in [0.25, 0.3) is 0 Å². The SMILES string of the molecule is C[C@H](N)COCC1CC1.